The third-order valence-corrected chi connectivity index (χ3v) is 4.76. The Balaban J connectivity index is 1.64. The minimum atomic E-state index is 0.169. The molecular formula is C16H18N2OS. The van der Waals surface area contributed by atoms with Crippen molar-refractivity contribution in [1.29, 1.82) is 0 Å². The summed E-state index contributed by atoms with van der Waals surface area (Å²) in [5, 5.41) is 0. The van der Waals surface area contributed by atoms with Gasteiger partial charge in [0.25, 0.3) is 0 Å². The Morgan fingerprint density at radius 2 is 2.00 bits per heavy atom. The lowest BCUT2D eigenvalue weighted by Crippen LogP contribution is -2.41. The average Bonchev–Trinajstić information content (AvgIpc) is 2.96. The summed E-state index contributed by atoms with van der Waals surface area (Å²) >= 11 is 1.61. The molecule has 0 radical (unpaired) electrons. The van der Waals surface area contributed by atoms with Gasteiger partial charge in [-0.15, -0.1) is 11.8 Å². The molecule has 1 aliphatic heterocycles. The van der Waals surface area contributed by atoms with Crippen LogP contribution in [0, 0.1) is 0 Å². The standard InChI is InChI=1S/C16H18N2OS/c1-13-15-8-5-9-17(15)10-11-18(13)16(19)12-20-14-6-3-2-4-7-14/h2-9,13H,10-12H2,1H3. The van der Waals surface area contributed by atoms with Crippen molar-refractivity contribution in [3.05, 3.63) is 54.4 Å². The van der Waals surface area contributed by atoms with Gasteiger partial charge in [-0.3, -0.25) is 4.79 Å². The molecule has 0 bridgehead atoms. The van der Waals surface area contributed by atoms with E-state index in [1.807, 2.05) is 35.2 Å². The highest BCUT2D eigenvalue weighted by Crippen LogP contribution is 2.27. The van der Waals surface area contributed by atoms with Gasteiger partial charge in [-0.1, -0.05) is 18.2 Å². The zero-order chi connectivity index (χ0) is 13.9. The van der Waals surface area contributed by atoms with E-state index in [0.717, 1.165) is 18.0 Å². The van der Waals surface area contributed by atoms with Gasteiger partial charge in [0, 0.05) is 29.9 Å². The van der Waals surface area contributed by atoms with Gasteiger partial charge < -0.3 is 9.47 Å². The van der Waals surface area contributed by atoms with Crippen LogP contribution in [0.2, 0.25) is 0 Å². The number of carbonyl (C=O) groups excluding carboxylic acids is 1. The number of rotatable bonds is 3. The van der Waals surface area contributed by atoms with Gasteiger partial charge in [0.05, 0.1) is 11.8 Å². The summed E-state index contributed by atoms with van der Waals surface area (Å²) in [4.78, 5) is 15.5. The fourth-order valence-electron chi connectivity index (χ4n) is 2.66. The largest absolute Gasteiger partial charge is 0.348 e. The van der Waals surface area contributed by atoms with Crippen molar-refractivity contribution in [3.63, 3.8) is 0 Å². The summed E-state index contributed by atoms with van der Waals surface area (Å²) in [6, 6.07) is 14.4. The zero-order valence-electron chi connectivity index (χ0n) is 11.5. The first kappa shape index (κ1) is 13.3. The second kappa shape index (κ2) is 5.75. The first-order valence-electron chi connectivity index (χ1n) is 6.88. The van der Waals surface area contributed by atoms with Crippen molar-refractivity contribution in [1.82, 2.24) is 9.47 Å². The van der Waals surface area contributed by atoms with Crippen LogP contribution < -0.4 is 0 Å². The van der Waals surface area contributed by atoms with Gasteiger partial charge >= 0.3 is 0 Å². The molecule has 20 heavy (non-hydrogen) atoms. The Labute approximate surface area is 123 Å². The van der Waals surface area contributed by atoms with Crippen molar-refractivity contribution in [3.8, 4) is 0 Å². The molecule has 2 aromatic rings. The fraction of sp³-hybridized carbons (Fsp3) is 0.312. The van der Waals surface area contributed by atoms with Crippen molar-refractivity contribution in [2.45, 2.75) is 24.4 Å². The van der Waals surface area contributed by atoms with E-state index < -0.39 is 0 Å². The van der Waals surface area contributed by atoms with E-state index in [9.17, 15) is 4.79 Å². The first-order chi connectivity index (χ1) is 9.75. The molecule has 0 saturated carbocycles. The van der Waals surface area contributed by atoms with Crippen LogP contribution in [0.3, 0.4) is 0 Å². The summed E-state index contributed by atoms with van der Waals surface area (Å²) in [6.45, 7) is 3.81. The number of thioether (sulfide) groups is 1. The smallest absolute Gasteiger partial charge is 0.233 e. The number of hydrogen-bond acceptors (Lipinski definition) is 2. The van der Waals surface area contributed by atoms with E-state index >= 15 is 0 Å². The number of hydrogen-bond donors (Lipinski definition) is 0. The molecule has 4 heteroatoms. The van der Waals surface area contributed by atoms with E-state index in [1.54, 1.807) is 11.8 Å². The number of amides is 1. The van der Waals surface area contributed by atoms with Crippen LogP contribution in [-0.4, -0.2) is 27.7 Å². The van der Waals surface area contributed by atoms with Crippen LogP contribution in [0.4, 0.5) is 0 Å². The number of carbonyl (C=O) groups is 1. The predicted molar refractivity (Wildman–Crippen MR) is 81.7 cm³/mol. The Kier molecular flexibility index (Phi) is 3.83. The summed E-state index contributed by atoms with van der Waals surface area (Å²) < 4.78 is 2.23. The molecule has 1 aromatic carbocycles. The SMILES string of the molecule is CC1c2cccn2CCN1C(=O)CSc1ccccc1. The summed E-state index contributed by atoms with van der Waals surface area (Å²) in [6.07, 6.45) is 2.09. The highest BCUT2D eigenvalue weighted by atomic mass is 32.2. The van der Waals surface area contributed by atoms with E-state index in [4.69, 9.17) is 0 Å². The van der Waals surface area contributed by atoms with Crippen LogP contribution in [0.1, 0.15) is 18.7 Å². The summed E-state index contributed by atoms with van der Waals surface area (Å²) in [7, 11) is 0. The van der Waals surface area contributed by atoms with Crippen molar-refractivity contribution in [2.24, 2.45) is 0 Å². The predicted octanol–water partition coefficient (Wildman–Crippen LogP) is 3.18. The monoisotopic (exact) mass is 286 g/mol. The van der Waals surface area contributed by atoms with Crippen LogP contribution in [0.5, 0.6) is 0 Å². The molecule has 0 N–H and O–H groups in total. The van der Waals surface area contributed by atoms with Gasteiger partial charge in [-0.2, -0.15) is 0 Å². The minimum absolute atomic E-state index is 0.169. The lowest BCUT2D eigenvalue weighted by atomic mass is 10.1. The Bertz CT molecular complexity index is 594. The summed E-state index contributed by atoms with van der Waals surface area (Å²) in [5.41, 5.74) is 1.23. The van der Waals surface area contributed by atoms with Gasteiger partial charge in [-0.25, -0.2) is 0 Å². The second-order valence-electron chi connectivity index (χ2n) is 4.99. The molecule has 1 aromatic heterocycles. The molecule has 104 valence electrons. The zero-order valence-corrected chi connectivity index (χ0v) is 12.3. The van der Waals surface area contributed by atoms with Crippen molar-refractivity contribution < 1.29 is 4.79 Å². The van der Waals surface area contributed by atoms with Crippen molar-refractivity contribution >= 4 is 17.7 Å². The normalized spacial score (nSPS) is 17.9. The maximum absolute atomic E-state index is 12.4. The Morgan fingerprint density at radius 3 is 2.80 bits per heavy atom. The molecule has 0 saturated heterocycles. The van der Waals surface area contributed by atoms with E-state index in [0.29, 0.717) is 5.75 Å². The average molecular weight is 286 g/mol. The van der Waals surface area contributed by atoms with Gasteiger partial charge in [0.15, 0.2) is 0 Å². The molecule has 0 aliphatic carbocycles. The Hall–Kier alpha value is -1.68. The minimum Gasteiger partial charge on any atom is -0.348 e. The number of fused-ring (bicyclic) bond motifs is 1. The third-order valence-electron chi connectivity index (χ3n) is 3.77. The van der Waals surface area contributed by atoms with Crippen LogP contribution in [0.25, 0.3) is 0 Å². The number of aromatic nitrogens is 1. The van der Waals surface area contributed by atoms with Gasteiger partial charge in [-0.05, 0) is 31.2 Å². The maximum Gasteiger partial charge on any atom is 0.233 e. The molecule has 1 atom stereocenters. The molecule has 3 nitrogen and oxygen atoms in total. The molecule has 3 rings (SSSR count). The van der Waals surface area contributed by atoms with Gasteiger partial charge in [0.2, 0.25) is 5.91 Å². The van der Waals surface area contributed by atoms with E-state index in [-0.39, 0.29) is 11.9 Å². The molecule has 1 amide bonds. The molecule has 0 fully saturated rings. The highest BCUT2D eigenvalue weighted by Gasteiger charge is 2.26. The van der Waals surface area contributed by atoms with E-state index in [2.05, 4.69) is 29.8 Å². The van der Waals surface area contributed by atoms with E-state index in [1.165, 1.54) is 5.69 Å². The Morgan fingerprint density at radius 1 is 1.20 bits per heavy atom. The highest BCUT2D eigenvalue weighted by molar-refractivity contribution is 8.00. The van der Waals surface area contributed by atoms with Crippen LogP contribution in [0.15, 0.2) is 53.6 Å². The topological polar surface area (TPSA) is 25.2 Å². The molecular weight excluding hydrogens is 268 g/mol. The van der Waals surface area contributed by atoms with Gasteiger partial charge in [0.1, 0.15) is 0 Å². The second-order valence-corrected chi connectivity index (χ2v) is 6.04. The van der Waals surface area contributed by atoms with Crippen molar-refractivity contribution in [2.75, 3.05) is 12.3 Å². The first-order valence-corrected chi connectivity index (χ1v) is 7.86. The van der Waals surface area contributed by atoms with Crippen LogP contribution >= 0.6 is 11.8 Å². The molecule has 1 unspecified atom stereocenters. The molecule has 0 spiro atoms. The lowest BCUT2D eigenvalue weighted by Gasteiger charge is -2.35. The summed E-state index contributed by atoms with van der Waals surface area (Å²) in [5.74, 6) is 0.730. The maximum atomic E-state index is 12.4. The van der Waals surface area contributed by atoms with Crippen LogP contribution in [-0.2, 0) is 11.3 Å². The molecule has 1 aliphatic rings. The number of benzene rings is 1. The fourth-order valence-corrected chi connectivity index (χ4v) is 3.47. The lowest BCUT2D eigenvalue weighted by molar-refractivity contribution is -0.131. The number of nitrogens with zero attached hydrogens (tertiary/aromatic N) is 2. The molecule has 2 heterocycles. The quantitative estimate of drug-likeness (QED) is 0.810. The third kappa shape index (κ3) is 2.61.